The third kappa shape index (κ3) is 2.28. The van der Waals surface area contributed by atoms with Crippen LogP contribution in [0.4, 0.5) is 0 Å². The van der Waals surface area contributed by atoms with Crippen LogP contribution in [0.3, 0.4) is 0 Å². The van der Waals surface area contributed by atoms with Gasteiger partial charge in [-0.3, -0.25) is 0 Å². The fourth-order valence-electron chi connectivity index (χ4n) is 2.51. The van der Waals surface area contributed by atoms with Gasteiger partial charge in [-0.1, -0.05) is 36.4 Å². The van der Waals surface area contributed by atoms with Crippen LogP contribution in [0.25, 0.3) is 27.7 Å². The summed E-state index contributed by atoms with van der Waals surface area (Å²) in [5, 5.41) is 2.47. The molecule has 0 aliphatic rings. The summed E-state index contributed by atoms with van der Waals surface area (Å²) in [5.74, 6) is 0. The number of fused-ring (bicyclic) bond motifs is 2. The van der Waals surface area contributed by atoms with Gasteiger partial charge >= 0.3 is 0 Å². The second-order valence-corrected chi connectivity index (χ2v) is 6.70. The van der Waals surface area contributed by atoms with Gasteiger partial charge in [0.15, 0.2) is 5.65 Å². The van der Waals surface area contributed by atoms with Crippen molar-refractivity contribution in [3.8, 4) is 11.3 Å². The van der Waals surface area contributed by atoms with Crippen LogP contribution in [0.15, 0.2) is 69.9 Å². The SMILES string of the molecule is Brc1cc(Br)c2nc(-c3ccc4ccccc4c3)cn2c1. The lowest BCUT2D eigenvalue weighted by atomic mass is 10.1. The highest BCUT2D eigenvalue weighted by Crippen LogP contribution is 2.28. The van der Waals surface area contributed by atoms with E-state index in [4.69, 9.17) is 4.98 Å². The van der Waals surface area contributed by atoms with E-state index in [2.05, 4.69) is 80.5 Å². The van der Waals surface area contributed by atoms with Crippen molar-refractivity contribution in [3.05, 3.63) is 69.9 Å². The fraction of sp³-hybridized carbons (Fsp3) is 0. The summed E-state index contributed by atoms with van der Waals surface area (Å²) in [6.07, 6.45) is 4.06. The smallest absolute Gasteiger partial charge is 0.151 e. The van der Waals surface area contributed by atoms with Crippen LogP contribution >= 0.6 is 31.9 Å². The zero-order valence-corrected chi connectivity index (χ0v) is 14.1. The van der Waals surface area contributed by atoms with Gasteiger partial charge in [0, 0.05) is 22.4 Å². The predicted octanol–water partition coefficient (Wildman–Crippen LogP) is 5.68. The van der Waals surface area contributed by atoms with Gasteiger partial charge in [-0.25, -0.2) is 4.98 Å². The van der Waals surface area contributed by atoms with E-state index in [1.807, 2.05) is 16.7 Å². The maximum absolute atomic E-state index is 4.73. The van der Waals surface area contributed by atoms with Crippen molar-refractivity contribution in [1.82, 2.24) is 9.38 Å². The maximum Gasteiger partial charge on any atom is 0.151 e. The quantitative estimate of drug-likeness (QED) is 0.401. The van der Waals surface area contributed by atoms with Gasteiger partial charge in [0.2, 0.25) is 0 Å². The van der Waals surface area contributed by atoms with Gasteiger partial charge in [-0.05, 0) is 54.8 Å². The third-order valence-corrected chi connectivity index (χ3v) is 4.54. The van der Waals surface area contributed by atoms with Crippen molar-refractivity contribution in [3.63, 3.8) is 0 Å². The first-order valence-corrected chi connectivity index (χ1v) is 8.12. The monoisotopic (exact) mass is 400 g/mol. The van der Waals surface area contributed by atoms with Gasteiger partial charge in [0.25, 0.3) is 0 Å². The van der Waals surface area contributed by atoms with E-state index < -0.39 is 0 Å². The number of halogens is 2. The van der Waals surface area contributed by atoms with Crippen LogP contribution < -0.4 is 0 Å². The lowest BCUT2D eigenvalue weighted by molar-refractivity contribution is 1.17. The van der Waals surface area contributed by atoms with Crippen molar-refractivity contribution >= 4 is 48.3 Å². The molecular weight excluding hydrogens is 392 g/mol. The van der Waals surface area contributed by atoms with Crippen molar-refractivity contribution < 1.29 is 0 Å². The average molecular weight is 402 g/mol. The molecule has 2 heterocycles. The molecule has 0 amide bonds. The standard InChI is InChI=1S/C17H10Br2N2/c18-14-8-15(19)17-20-16(10-21(17)9-14)13-6-5-11-3-1-2-4-12(11)7-13/h1-10H. The number of rotatable bonds is 1. The van der Waals surface area contributed by atoms with E-state index in [0.717, 1.165) is 25.8 Å². The molecule has 0 aliphatic heterocycles. The molecule has 21 heavy (non-hydrogen) atoms. The minimum atomic E-state index is 0.918. The Labute approximate surface area is 138 Å². The summed E-state index contributed by atoms with van der Waals surface area (Å²) in [6.45, 7) is 0. The number of imidazole rings is 1. The van der Waals surface area contributed by atoms with Gasteiger partial charge in [-0.15, -0.1) is 0 Å². The average Bonchev–Trinajstić information content (AvgIpc) is 2.91. The van der Waals surface area contributed by atoms with Crippen LogP contribution in [0, 0.1) is 0 Å². The summed E-state index contributed by atoms with van der Waals surface area (Å²) in [6, 6.07) is 16.8. The minimum Gasteiger partial charge on any atom is -0.304 e. The lowest BCUT2D eigenvalue weighted by Gasteiger charge is -2.00. The number of aromatic nitrogens is 2. The molecule has 0 unspecified atom stereocenters. The Morgan fingerprint density at radius 2 is 1.67 bits per heavy atom. The summed E-state index contributed by atoms with van der Waals surface area (Å²) in [4.78, 5) is 4.73. The zero-order chi connectivity index (χ0) is 14.4. The first kappa shape index (κ1) is 13.0. The van der Waals surface area contributed by atoms with Crippen LogP contribution in [0.2, 0.25) is 0 Å². The van der Waals surface area contributed by atoms with Gasteiger partial charge in [0.05, 0.1) is 10.2 Å². The van der Waals surface area contributed by atoms with Crippen LogP contribution in [0.1, 0.15) is 0 Å². The number of hydrogen-bond donors (Lipinski definition) is 0. The molecule has 0 spiro atoms. The highest BCUT2D eigenvalue weighted by Gasteiger charge is 2.08. The molecule has 102 valence electrons. The van der Waals surface area contributed by atoms with E-state index in [1.54, 1.807) is 0 Å². The molecule has 0 bridgehead atoms. The van der Waals surface area contributed by atoms with Gasteiger partial charge in [-0.2, -0.15) is 0 Å². The molecule has 0 N–H and O–H groups in total. The first-order valence-electron chi connectivity index (χ1n) is 6.54. The number of pyridine rings is 1. The van der Waals surface area contributed by atoms with Crippen molar-refractivity contribution in [1.29, 1.82) is 0 Å². The number of benzene rings is 2. The Bertz CT molecular complexity index is 973. The highest BCUT2D eigenvalue weighted by atomic mass is 79.9. The Morgan fingerprint density at radius 3 is 2.52 bits per heavy atom. The largest absolute Gasteiger partial charge is 0.304 e. The number of nitrogens with zero attached hydrogens (tertiary/aromatic N) is 2. The van der Waals surface area contributed by atoms with Crippen molar-refractivity contribution in [2.45, 2.75) is 0 Å². The highest BCUT2D eigenvalue weighted by molar-refractivity contribution is 9.11. The molecule has 0 saturated carbocycles. The Balaban J connectivity index is 1.93. The Kier molecular flexibility index (Phi) is 3.08. The molecule has 4 rings (SSSR count). The summed E-state index contributed by atoms with van der Waals surface area (Å²) in [5.41, 5.74) is 3.02. The van der Waals surface area contributed by atoms with E-state index >= 15 is 0 Å². The molecule has 0 atom stereocenters. The maximum atomic E-state index is 4.73. The molecule has 4 heteroatoms. The molecule has 2 nitrogen and oxygen atoms in total. The molecule has 2 aromatic heterocycles. The van der Waals surface area contributed by atoms with Crippen molar-refractivity contribution in [2.75, 3.05) is 0 Å². The minimum absolute atomic E-state index is 0.918. The summed E-state index contributed by atoms with van der Waals surface area (Å²) in [7, 11) is 0. The van der Waals surface area contributed by atoms with Gasteiger partial charge < -0.3 is 4.40 Å². The number of hydrogen-bond acceptors (Lipinski definition) is 1. The Hall–Kier alpha value is -1.65. The molecule has 0 aliphatic carbocycles. The molecular formula is C17H10Br2N2. The topological polar surface area (TPSA) is 17.3 Å². The first-order chi connectivity index (χ1) is 10.2. The second-order valence-electron chi connectivity index (χ2n) is 4.93. The summed E-state index contributed by atoms with van der Waals surface area (Å²) >= 11 is 7.06. The van der Waals surface area contributed by atoms with Crippen molar-refractivity contribution in [2.24, 2.45) is 0 Å². The summed E-state index contributed by atoms with van der Waals surface area (Å²) < 4.78 is 4.02. The third-order valence-electron chi connectivity index (χ3n) is 3.52. The molecule has 0 saturated heterocycles. The Morgan fingerprint density at radius 1 is 0.857 bits per heavy atom. The van der Waals surface area contributed by atoms with Crippen LogP contribution in [0.5, 0.6) is 0 Å². The second kappa shape index (κ2) is 4.97. The van der Waals surface area contributed by atoms with Crippen LogP contribution in [-0.2, 0) is 0 Å². The zero-order valence-electron chi connectivity index (χ0n) is 10.9. The molecule has 0 radical (unpaired) electrons. The van der Waals surface area contributed by atoms with Crippen LogP contribution in [-0.4, -0.2) is 9.38 Å². The normalized spacial score (nSPS) is 11.3. The van der Waals surface area contributed by atoms with E-state index in [1.165, 1.54) is 10.8 Å². The fourth-order valence-corrected chi connectivity index (χ4v) is 3.81. The van der Waals surface area contributed by atoms with E-state index in [-0.39, 0.29) is 0 Å². The van der Waals surface area contributed by atoms with E-state index in [9.17, 15) is 0 Å². The predicted molar refractivity (Wildman–Crippen MR) is 93.5 cm³/mol. The molecule has 0 fully saturated rings. The van der Waals surface area contributed by atoms with E-state index in [0.29, 0.717) is 0 Å². The molecule has 4 aromatic rings. The lowest BCUT2D eigenvalue weighted by Crippen LogP contribution is -1.83. The van der Waals surface area contributed by atoms with Gasteiger partial charge in [0.1, 0.15) is 0 Å². The molecule has 2 aromatic carbocycles.